The predicted molar refractivity (Wildman–Crippen MR) is 93.3 cm³/mol. The molecule has 1 aliphatic rings. The van der Waals surface area contributed by atoms with Gasteiger partial charge in [0.15, 0.2) is 0 Å². The summed E-state index contributed by atoms with van der Waals surface area (Å²) in [6, 6.07) is 3.61. The minimum atomic E-state index is -0.445. The molecule has 0 radical (unpaired) electrons. The van der Waals surface area contributed by atoms with Gasteiger partial charge in [-0.05, 0) is 19.9 Å². The van der Waals surface area contributed by atoms with Crippen molar-refractivity contribution in [1.29, 1.82) is 0 Å². The molecule has 0 aliphatic carbocycles. The van der Waals surface area contributed by atoms with E-state index in [2.05, 4.69) is 35.3 Å². The summed E-state index contributed by atoms with van der Waals surface area (Å²) < 4.78 is 6.88. The summed E-state index contributed by atoms with van der Waals surface area (Å²) in [6.45, 7) is 6.57. The van der Waals surface area contributed by atoms with Crippen LogP contribution in [0.25, 0.3) is 5.78 Å². The molecule has 0 bridgehead atoms. The Kier molecular flexibility index (Phi) is 4.17. The van der Waals surface area contributed by atoms with E-state index < -0.39 is 5.91 Å². The lowest BCUT2D eigenvalue weighted by Crippen LogP contribution is -2.36. The molecule has 0 unspecified atom stereocenters. The quantitative estimate of drug-likeness (QED) is 0.729. The van der Waals surface area contributed by atoms with Crippen molar-refractivity contribution in [2.45, 2.75) is 13.8 Å². The highest BCUT2D eigenvalue weighted by Crippen LogP contribution is 2.16. The lowest BCUT2D eigenvalue weighted by molar-refractivity contribution is 0.101. The van der Waals surface area contributed by atoms with Gasteiger partial charge in [0.05, 0.1) is 13.2 Å². The number of amides is 1. The SMILES string of the molecule is Cc1cc(C)n2nc(C(=O)Nc3cc(N4CCOCC4)ncn3)nc2n1. The molecular weight excluding hydrogens is 336 g/mol. The maximum atomic E-state index is 12.5. The maximum Gasteiger partial charge on any atom is 0.296 e. The normalized spacial score (nSPS) is 14.6. The first kappa shape index (κ1) is 16.3. The molecule has 0 saturated carbocycles. The van der Waals surface area contributed by atoms with E-state index in [1.807, 2.05) is 19.9 Å². The molecule has 10 nitrogen and oxygen atoms in total. The Bertz CT molecular complexity index is 964. The molecule has 134 valence electrons. The molecule has 4 rings (SSSR count). The van der Waals surface area contributed by atoms with Crippen LogP contribution in [0.4, 0.5) is 11.6 Å². The topological polar surface area (TPSA) is 110 Å². The summed E-state index contributed by atoms with van der Waals surface area (Å²) in [6.07, 6.45) is 1.42. The molecule has 1 N–H and O–H groups in total. The summed E-state index contributed by atoms with van der Waals surface area (Å²) in [5.41, 5.74) is 1.68. The number of nitrogens with one attached hydrogen (secondary N) is 1. The van der Waals surface area contributed by atoms with Crippen LogP contribution in [0, 0.1) is 13.8 Å². The predicted octanol–water partition coefficient (Wildman–Crippen LogP) is 0.620. The van der Waals surface area contributed by atoms with E-state index in [0.29, 0.717) is 24.8 Å². The minimum Gasteiger partial charge on any atom is -0.378 e. The van der Waals surface area contributed by atoms with Gasteiger partial charge in [0.25, 0.3) is 11.7 Å². The third kappa shape index (κ3) is 3.18. The van der Waals surface area contributed by atoms with E-state index in [4.69, 9.17) is 4.74 Å². The van der Waals surface area contributed by atoms with Gasteiger partial charge in [-0.1, -0.05) is 0 Å². The van der Waals surface area contributed by atoms with Crippen LogP contribution in [0.2, 0.25) is 0 Å². The zero-order chi connectivity index (χ0) is 18.1. The van der Waals surface area contributed by atoms with Gasteiger partial charge in [-0.25, -0.2) is 19.5 Å². The number of nitrogens with zero attached hydrogens (tertiary/aromatic N) is 7. The molecule has 3 aromatic heterocycles. The Morgan fingerprint density at radius 3 is 2.77 bits per heavy atom. The van der Waals surface area contributed by atoms with Crippen LogP contribution < -0.4 is 10.2 Å². The van der Waals surface area contributed by atoms with Crippen molar-refractivity contribution in [3.8, 4) is 0 Å². The molecular formula is C16H18N8O2. The second-order valence-corrected chi connectivity index (χ2v) is 6.00. The van der Waals surface area contributed by atoms with Gasteiger partial charge in [0, 0.05) is 30.5 Å². The van der Waals surface area contributed by atoms with E-state index in [9.17, 15) is 4.79 Å². The Morgan fingerprint density at radius 1 is 1.15 bits per heavy atom. The van der Waals surface area contributed by atoms with Crippen LogP contribution >= 0.6 is 0 Å². The zero-order valence-corrected chi connectivity index (χ0v) is 14.5. The van der Waals surface area contributed by atoms with E-state index in [1.165, 1.54) is 6.33 Å². The van der Waals surface area contributed by atoms with Gasteiger partial charge < -0.3 is 15.0 Å². The number of hydrogen-bond donors (Lipinski definition) is 1. The molecule has 1 saturated heterocycles. The Morgan fingerprint density at radius 2 is 1.96 bits per heavy atom. The average Bonchev–Trinajstić information content (AvgIpc) is 3.07. The molecule has 26 heavy (non-hydrogen) atoms. The lowest BCUT2D eigenvalue weighted by Gasteiger charge is -2.27. The Balaban J connectivity index is 1.55. The smallest absolute Gasteiger partial charge is 0.296 e. The number of anilines is 2. The fourth-order valence-corrected chi connectivity index (χ4v) is 2.82. The van der Waals surface area contributed by atoms with Gasteiger partial charge in [-0.2, -0.15) is 4.98 Å². The molecule has 1 amide bonds. The fourth-order valence-electron chi connectivity index (χ4n) is 2.82. The molecule has 4 heterocycles. The van der Waals surface area contributed by atoms with Crippen molar-refractivity contribution in [2.24, 2.45) is 0 Å². The van der Waals surface area contributed by atoms with Gasteiger partial charge in [-0.3, -0.25) is 4.79 Å². The number of ether oxygens (including phenoxy) is 1. The highest BCUT2D eigenvalue weighted by Gasteiger charge is 2.17. The summed E-state index contributed by atoms with van der Waals surface area (Å²) in [5, 5.41) is 6.94. The molecule has 0 atom stereocenters. The number of aromatic nitrogens is 6. The third-order valence-electron chi connectivity index (χ3n) is 4.05. The molecule has 3 aromatic rings. The van der Waals surface area contributed by atoms with Crippen molar-refractivity contribution in [2.75, 3.05) is 36.5 Å². The lowest BCUT2D eigenvalue weighted by atomic mass is 10.4. The number of rotatable bonds is 3. The first-order valence-corrected chi connectivity index (χ1v) is 8.27. The first-order chi connectivity index (χ1) is 12.6. The first-order valence-electron chi connectivity index (χ1n) is 8.27. The molecule has 0 aromatic carbocycles. The van der Waals surface area contributed by atoms with Crippen LogP contribution in [0.15, 0.2) is 18.5 Å². The number of hydrogen-bond acceptors (Lipinski definition) is 8. The molecule has 10 heteroatoms. The fraction of sp³-hybridized carbons (Fsp3) is 0.375. The van der Waals surface area contributed by atoms with Crippen LogP contribution in [-0.2, 0) is 4.74 Å². The van der Waals surface area contributed by atoms with E-state index >= 15 is 0 Å². The number of fused-ring (bicyclic) bond motifs is 1. The van der Waals surface area contributed by atoms with Gasteiger partial charge in [-0.15, -0.1) is 5.10 Å². The number of morpholine rings is 1. The summed E-state index contributed by atoms with van der Waals surface area (Å²) in [4.78, 5) is 31.4. The van der Waals surface area contributed by atoms with Gasteiger partial charge in [0.1, 0.15) is 18.0 Å². The largest absolute Gasteiger partial charge is 0.378 e. The van der Waals surface area contributed by atoms with Crippen LogP contribution in [0.5, 0.6) is 0 Å². The van der Waals surface area contributed by atoms with Crippen LogP contribution in [0.1, 0.15) is 22.0 Å². The summed E-state index contributed by atoms with van der Waals surface area (Å²) >= 11 is 0. The van der Waals surface area contributed by atoms with E-state index in [0.717, 1.165) is 30.3 Å². The van der Waals surface area contributed by atoms with Crippen molar-refractivity contribution in [3.05, 3.63) is 35.7 Å². The summed E-state index contributed by atoms with van der Waals surface area (Å²) in [5.74, 6) is 1.13. The molecule has 1 aliphatic heterocycles. The Hall–Kier alpha value is -3.14. The van der Waals surface area contributed by atoms with Crippen LogP contribution in [-0.4, -0.2) is 61.8 Å². The average molecular weight is 354 g/mol. The monoisotopic (exact) mass is 354 g/mol. The second-order valence-electron chi connectivity index (χ2n) is 6.00. The van der Waals surface area contributed by atoms with Crippen molar-refractivity contribution in [1.82, 2.24) is 29.5 Å². The van der Waals surface area contributed by atoms with E-state index in [-0.39, 0.29) is 5.82 Å². The number of aryl methyl sites for hydroxylation is 2. The van der Waals surface area contributed by atoms with E-state index in [1.54, 1.807) is 10.6 Å². The Labute approximate surface area is 149 Å². The third-order valence-corrected chi connectivity index (χ3v) is 4.05. The highest BCUT2D eigenvalue weighted by atomic mass is 16.5. The maximum absolute atomic E-state index is 12.5. The van der Waals surface area contributed by atoms with Crippen molar-refractivity contribution < 1.29 is 9.53 Å². The second kappa shape index (κ2) is 6.64. The van der Waals surface area contributed by atoms with Gasteiger partial charge in [0.2, 0.25) is 5.82 Å². The van der Waals surface area contributed by atoms with Crippen molar-refractivity contribution in [3.63, 3.8) is 0 Å². The zero-order valence-electron chi connectivity index (χ0n) is 14.5. The van der Waals surface area contributed by atoms with Crippen molar-refractivity contribution >= 4 is 23.3 Å². The highest BCUT2D eigenvalue weighted by molar-refractivity contribution is 6.01. The number of carbonyl (C=O) groups excluding carboxylic acids is 1. The van der Waals surface area contributed by atoms with Crippen LogP contribution in [0.3, 0.4) is 0 Å². The minimum absolute atomic E-state index is 0.0396. The summed E-state index contributed by atoms with van der Waals surface area (Å²) in [7, 11) is 0. The van der Waals surface area contributed by atoms with Gasteiger partial charge >= 0.3 is 0 Å². The molecule has 1 fully saturated rings. The standard InChI is InChI=1S/C16H18N8O2/c1-10-7-11(2)24-16(19-10)21-14(22-24)15(25)20-12-8-13(18-9-17-12)23-3-5-26-6-4-23/h7-9H,3-6H2,1-2H3,(H,17,18,20,25). The number of carbonyl (C=O) groups is 1. The molecule has 0 spiro atoms.